The third-order valence-electron chi connectivity index (χ3n) is 4.11. The number of fused-ring (bicyclic) bond motifs is 1. The van der Waals surface area contributed by atoms with Gasteiger partial charge in [0.15, 0.2) is 0 Å². The van der Waals surface area contributed by atoms with Crippen molar-refractivity contribution in [2.45, 2.75) is 25.9 Å². The predicted molar refractivity (Wildman–Crippen MR) is 85.7 cm³/mol. The van der Waals surface area contributed by atoms with Crippen LogP contribution in [0.2, 0.25) is 0 Å². The number of rotatable bonds is 6. The summed E-state index contributed by atoms with van der Waals surface area (Å²) in [5.74, 6) is 0.849. The van der Waals surface area contributed by atoms with Gasteiger partial charge in [-0.3, -0.25) is 4.90 Å². The van der Waals surface area contributed by atoms with Crippen molar-refractivity contribution in [2.75, 3.05) is 26.7 Å². The molecule has 1 aromatic heterocycles. The third-order valence-corrected chi connectivity index (χ3v) is 4.11. The average molecular weight is 285 g/mol. The van der Waals surface area contributed by atoms with Gasteiger partial charge in [-0.2, -0.15) is 0 Å². The minimum absolute atomic E-state index is 0.653. The first-order chi connectivity index (χ1) is 10.3. The Morgan fingerprint density at radius 3 is 2.81 bits per heavy atom. The Labute approximate surface area is 126 Å². The van der Waals surface area contributed by atoms with Gasteiger partial charge < -0.3 is 10.1 Å². The molecule has 112 valence electrons. The molecule has 0 spiro atoms. The fourth-order valence-corrected chi connectivity index (χ4v) is 2.83. The van der Waals surface area contributed by atoms with E-state index in [2.05, 4.69) is 35.3 Å². The predicted octanol–water partition coefficient (Wildman–Crippen LogP) is 2.43. The Morgan fingerprint density at radius 1 is 1.29 bits per heavy atom. The van der Waals surface area contributed by atoms with Crippen LogP contribution in [0.15, 0.2) is 30.3 Å². The lowest BCUT2D eigenvalue weighted by Gasteiger charge is -2.38. The van der Waals surface area contributed by atoms with Gasteiger partial charge in [-0.1, -0.05) is 25.1 Å². The molecule has 1 aliphatic rings. The molecule has 0 bridgehead atoms. The summed E-state index contributed by atoms with van der Waals surface area (Å²) in [6.45, 7) is 6.45. The maximum atomic E-state index is 5.43. The van der Waals surface area contributed by atoms with E-state index in [1.54, 1.807) is 7.11 Å². The Bertz CT molecular complexity index is 610. The van der Waals surface area contributed by atoms with Crippen molar-refractivity contribution in [2.24, 2.45) is 0 Å². The summed E-state index contributed by atoms with van der Waals surface area (Å²) in [7, 11) is 1.70. The Morgan fingerprint density at radius 2 is 2.14 bits per heavy atom. The van der Waals surface area contributed by atoms with Crippen LogP contribution in [-0.4, -0.2) is 42.7 Å². The Hall–Kier alpha value is -1.65. The van der Waals surface area contributed by atoms with Crippen LogP contribution in [-0.2, 0) is 6.54 Å². The van der Waals surface area contributed by atoms with Gasteiger partial charge >= 0.3 is 0 Å². The number of nitrogens with zero attached hydrogens (tertiary/aromatic N) is 2. The molecule has 1 aromatic carbocycles. The number of aromatic nitrogens is 1. The second-order valence-corrected chi connectivity index (χ2v) is 5.62. The van der Waals surface area contributed by atoms with Crippen molar-refractivity contribution in [3.63, 3.8) is 0 Å². The fraction of sp³-hybridized carbons (Fsp3) is 0.471. The zero-order valence-electron chi connectivity index (χ0n) is 12.8. The second kappa shape index (κ2) is 6.41. The lowest BCUT2D eigenvalue weighted by Crippen LogP contribution is -2.57. The van der Waals surface area contributed by atoms with Gasteiger partial charge in [-0.15, -0.1) is 0 Å². The third kappa shape index (κ3) is 3.01. The van der Waals surface area contributed by atoms with Crippen LogP contribution >= 0.6 is 0 Å². The van der Waals surface area contributed by atoms with Gasteiger partial charge in [0.05, 0.1) is 12.8 Å². The van der Waals surface area contributed by atoms with Gasteiger partial charge in [0.25, 0.3) is 0 Å². The molecule has 0 radical (unpaired) electrons. The first kappa shape index (κ1) is 14.3. The monoisotopic (exact) mass is 285 g/mol. The van der Waals surface area contributed by atoms with E-state index < -0.39 is 0 Å². The summed E-state index contributed by atoms with van der Waals surface area (Å²) < 4.78 is 5.43. The van der Waals surface area contributed by atoms with E-state index in [0.717, 1.165) is 48.5 Å². The van der Waals surface area contributed by atoms with E-state index in [-0.39, 0.29) is 0 Å². The second-order valence-electron chi connectivity index (χ2n) is 5.62. The number of methoxy groups -OCH3 is 1. The van der Waals surface area contributed by atoms with Crippen LogP contribution in [0.3, 0.4) is 0 Å². The van der Waals surface area contributed by atoms with Crippen LogP contribution in [0.5, 0.6) is 5.75 Å². The van der Waals surface area contributed by atoms with Crippen molar-refractivity contribution >= 4 is 10.9 Å². The molecule has 0 aliphatic carbocycles. The largest absolute Gasteiger partial charge is 0.494 e. The number of ether oxygens (including phenoxy) is 1. The molecule has 1 N–H and O–H groups in total. The highest BCUT2D eigenvalue weighted by molar-refractivity contribution is 5.84. The Balaban J connectivity index is 1.85. The first-order valence-corrected chi connectivity index (χ1v) is 7.69. The van der Waals surface area contributed by atoms with Crippen LogP contribution in [0, 0.1) is 0 Å². The molecule has 0 saturated carbocycles. The zero-order valence-corrected chi connectivity index (χ0v) is 12.8. The lowest BCUT2D eigenvalue weighted by atomic mass is 10.1. The van der Waals surface area contributed by atoms with E-state index in [9.17, 15) is 0 Å². The number of pyridine rings is 1. The molecule has 2 heterocycles. The molecule has 21 heavy (non-hydrogen) atoms. The van der Waals surface area contributed by atoms with E-state index in [0.29, 0.717) is 6.04 Å². The molecule has 1 saturated heterocycles. The SMILES string of the molecule is CCCN(Cc1ccc2cccc(OC)c2n1)C1CNC1. The summed E-state index contributed by atoms with van der Waals surface area (Å²) in [5, 5.41) is 4.48. The summed E-state index contributed by atoms with van der Waals surface area (Å²) in [5.41, 5.74) is 2.08. The van der Waals surface area contributed by atoms with Crippen LogP contribution < -0.4 is 10.1 Å². The van der Waals surface area contributed by atoms with Crippen LogP contribution in [0.25, 0.3) is 10.9 Å². The maximum absolute atomic E-state index is 5.43. The fourth-order valence-electron chi connectivity index (χ4n) is 2.83. The zero-order chi connectivity index (χ0) is 14.7. The van der Waals surface area contributed by atoms with Crippen LogP contribution in [0.4, 0.5) is 0 Å². The van der Waals surface area contributed by atoms with E-state index >= 15 is 0 Å². The van der Waals surface area contributed by atoms with Gasteiger partial charge in [-0.25, -0.2) is 4.98 Å². The van der Waals surface area contributed by atoms with Gasteiger partial charge in [-0.05, 0) is 25.1 Å². The molecule has 1 fully saturated rings. The summed E-state index contributed by atoms with van der Waals surface area (Å²) in [4.78, 5) is 7.35. The standard InChI is InChI=1S/C17H23N3O/c1-3-9-20(15-10-18-11-15)12-14-8-7-13-5-4-6-16(21-2)17(13)19-14/h4-8,15,18H,3,9-12H2,1-2H3. The van der Waals surface area contributed by atoms with Crippen molar-refractivity contribution in [3.8, 4) is 5.75 Å². The Kier molecular flexibility index (Phi) is 4.36. The minimum Gasteiger partial charge on any atom is -0.494 e. The molecule has 4 nitrogen and oxygen atoms in total. The molecule has 3 rings (SSSR count). The first-order valence-electron chi connectivity index (χ1n) is 7.69. The summed E-state index contributed by atoms with van der Waals surface area (Å²) >= 11 is 0. The molecule has 0 amide bonds. The molecular weight excluding hydrogens is 262 g/mol. The molecule has 0 unspecified atom stereocenters. The molecule has 2 aromatic rings. The smallest absolute Gasteiger partial charge is 0.145 e. The van der Waals surface area contributed by atoms with E-state index in [1.165, 1.54) is 6.42 Å². The van der Waals surface area contributed by atoms with Crippen molar-refractivity contribution < 1.29 is 4.74 Å². The summed E-state index contributed by atoms with van der Waals surface area (Å²) in [6, 6.07) is 11.0. The molecule has 0 atom stereocenters. The number of para-hydroxylation sites is 1. The molecule has 4 heteroatoms. The van der Waals surface area contributed by atoms with Crippen molar-refractivity contribution in [1.29, 1.82) is 0 Å². The number of nitrogens with one attached hydrogen (secondary N) is 1. The molecular formula is C17H23N3O. The maximum Gasteiger partial charge on any atom is 0.145 e. The van der Waals surface area contributed by atoms with Crippen molar-refractivity contribution in [3.05, 3.63) is 36.0 Å². The molecule has 1 aliphatic heterocycles. The van der Waals surface area contributed by atoms with E-state index in [1.807, 2.05) is 12.1 Å². The topological polar surface area (TPSA) is 37.4 Å². The lowest BCUT2D eigenvalue weighted by molar-refractivity contribution is 0.136. The van der Waals surface area contributed by atoms with Gasteiger partial charge in [0, 0.05) is 31.1 Å². The highest BCUT2D eigenvalue weighted by Crippen LogP contribution is 2.24. The normalized spacial score (nSPS) is 15.4. The highest BCUT2D eigenvalue weighted by atomic mass is 16.5. The van der Waals surface area contributed by atoms with Crippen LogP contribution in [0.1, 0.15) is 19.0 Å². The summed E-state index contributed by atoms with van der Waals surface area (Å²) in [6.07, 6.45) is 1.17. The average Bonchev–Trinajstić information content (AvgIpc) is 2.45. The number of hydrogen-bond acceptors (Lipinski definition) is 4. The van der Waals surface area contributed by atoms with Gasteiger partial charge in [0.1, 0.15) is 11.3 Å². The quantitative estimate of drug-likeness (QED) is 0.884. The minimum atomic E-state index is 0.653. The van der Waals surface area contributed by atoms with Gasteiger partial charge in [0.2, 0.25) is 0 Å². The van der Waals surface area contributed by atoms with Crippen molar-refractivity contribution in [1.82, 2.24) is 15.2 Å². The highest BCUT2D eigenvalue weighted by Gasteiger charge is 2.24. The van der Waals surface area contributed by atoms with E-state index in [4.69, 9.17) is 9.72 Å². The number of hydrogen-bond donors (Lipinski definition) is 1. The number of benzene rings is 1.